The maximum absolute atomic E-state index is 9.63. The van der Waals surface area contributed by atoms with E-state index in [-0.39, 0.29) is 12.5 Å². The largest absolute Gasteiger partial charge is 0.391 e. The average Bonchev–Trinajstić information content (AvgIpc) is 2.85. The van der Waals surface area contributed by atoms with E-state index in [1.807, 2.05) is 30.3 Å². The molecule has 0 radical (unpaired) electrons. The summed E-state index contributed by atoms with van der Waals surface area (Å²) >= 11 is 0. The zero-order valence-electron chi connectivity index (χ0n) is 9.23. The molecule has 3 rings (SSSR count). The smallest absolute Gasteiger partial charge is 0.194 e. The molecule has 2 heterocycles. The second-order valence-corrected chi connectivity index (χ2v) is 4.12. The lowest BCUT2D eigenvalue weighted by Crippen LogP contribution is -2.56. The number of benzene rings is 1. The molecule has 2 atom stereocenters. The van der Waals surface area contributed by atoms with Crippen molar-refractivity contribution in [2.45, 2.75) is 11.6 Å². The summed E-state index contributed by atoms with van der Waals surface area (Å²) in [5.74, 6) is 0.107. The van der Waals surface area contributed by atoms with Crippen LogP contribution in [0.3, 0.4) is 0 Å². The lowest BCUT2D eigenvalue weighted by molar-refractivity contribution is -0.252. The first-order valence-corrected chi connectivity index (χ1v) is 5.52. The first-order chi connectivity index (χ1) is 8.37. The lowest BCUT2D eigenvalue weighted by atomic mass is 9.84. The van der Waals surface area contributed by atoms with Gasteiger partial charge in [0.1, 0.15) is 12.7 Å². The van der Waals surface area contributed by atoms with E-state index >= 15 is 0 Å². The minimum Gasteiger partial charge on any atom is -0.391 e. The monoisotopic (exact) mass is 231 g/mol. The van der Waals surface area contributed by atoms with Crippen molar-refractivity contribution >= 4 is 0 Å². The van der Waals surface area contributed by atoms with Gasteiger partial charge in [-0.25, -0.2) is 9.67 Å². The van der Waals surface area contributed by atoms with Gasteiger partial charge in [-0.2, -0.15) is 5.10 Å². The van der Waals surface area contributed by atoms with E-state index in [1.165, 1.54) is 6.33 Å². The summed E-state index contributed by atoms with van der Waals surface area (Å²) in [5.41, 5.74) is 0.348. The van der Waals surface area contributed by atoms with Gasteiger partial charge in [0.05, 0.1) is 19.1 Å². The van der Waals surface area contributed by atoms with Gasteiger partial charge < -0.3 is 9.84 Å². The number of aliphatic hydroxyl groups is 1. The first kappa shape index (κ1) is 10.4. The van der Waals surface area contributed by atoms with Gasteiger partial charge in [0.15, 0.2) is 5.72 Å². The van der Waals surface area contributed by atoms with Crippen LogP contribution in [0.25, 0.3) is 0 Å². The summed E-state index contributed by atoms with van der Waals surface area (Å²) < 4.78 is 7.18. The fourth-order valence-electron chi connectivity index (χ4n) is 2.26. The van der Waals surface area contributed by atoms with Crippen LogP contribution in [-0.2, 0) is 10.5 Å². The van der Waals surface area contributed by atoms with Gasteiger partial charge in [-0.15, -0.1) is 0 Å². The highest BCUT2D eigenvalue weighted by atomic mass is 16.6. The third-order valence-electron chi connectivity index (χ3n) is 3.28. The predicted molar refractivity (Wildman–Crippen MR) is 60.2 cm³/mol. The Labute approximate surface area is 98.7 Å². The highest BCUT2D eigenvalue weighted by molar-refractivity contribution is 5.24. The highest BCUT2D eigenvalue weighted by Crippen LogP contribution is 2.43. The van der Waals surface area contributed by atoms with Gasteiger partial charge in [-0.1, -0.05) is 30.3 Å². The zero-order valence-corrected chi connectivity index (χ0v) is 9.23. The number of aromatic nitrogens is 3. The Bertz CT molecular complexity index is 482. The molecule has 1 fully saturated rings. The molecule has 0 aliphatic carbocycles. The average molecular weight is 231 g/mol. The summed E-state index contributed by atoms with van der Waals surface area (Å²) in [7, 11) is 0. The zero-order chi connectivity index (χ0) is 11.7. The van der Waals surface area contributed by atoms with Crippen molar-refractivity contribution in [2.24, 2.45) is 0 Å². The van der Waals surface area contributed by atoms with Crippen molar-refractivity contribution in [3.8, 4) is 0 Å². The lowest BCUT2D eigenvalue weighted by Gasteiger charge is -2.47. The van der Waals surface area contributed by atoms with Crippen molar-refractivity contribution in [1.29, 1.82) is 0 Å². The van der Waals surface area contributed by atoms with Crippen LogP contribution in [0.15, 0.2) is 43.0 Å². The Morgan fingerprint density at radius 1 is 1.41 bits per heavy atom. The van der Waals surface area contributed by atoms with E-state index in [0.717, 1.165) is 5.56 Å². The van der Waals surface area contributed by atoms with Crippen molar-refractivity contribution in [3.05, 3.63) is 48.5 Å². The molecule has 1 aliphatic rings. The molecule has 5 heteroatoms. The van der Waals surface area contributed by atoms with Crippen molar-refractivity contribution < 1.29 is 9.84 Å². The Hall–Kier alpha value is -1.72. The van der Waals surface area contributed by atoms with Crippen molar-refractivity contribution in [2.75, 3.05) is 13.2 Å². The summed E-state index contributed by atoms with van der Waals surface area (Å²) in [6, 6.07) is 10.0. The third kappa shape index (κ3) is 1.47. The third-order valence-corrected chi connectivity index (χ3v) is 3.28. The minimum absolute atomic E-state index is 0.107. The summed E-state index contributed by atoms with van der Waals surface area (Å²) in [6.45, 7) is 0.473. The maximum atomic E-state index is 9.63. The van der Waals surface area contributed by atoms with E-state index in [0.29, 0.717) is 6.61 Å². The van der Waals surface area contributed by atoms with Crippen LogP contribution in [-0.4, -0.2) is 33.1 Å². The van der Waals surface area contributed by atoms with Crippen LogP contribution in [0.5, 0.6) is 0 Å². The molecule has 1 unspecified atom stereocenters. The summed E-state index contributed by atoms with van der Waals surface area (Å²) in [4.78, 5) is 3.91. The molecule has 0 amide bonds. The van der Waals surface area contributed by atoms with E-state index < -0.39 is 5.72 Å². The van der Waals surface area contributed by atoms with Gasteiger partial charge in [-0.3, -0.25) is 0 Å². The predicted octanol–water partition coefficient (Wildman–Crippen LogP) is 0.737. The Balaban J connectivity index is 1.98. The molecule has 5 nitrogen and oxygen atoms in total. The number of hydrogen-bond acceptors (Lipinski definition) is 4. The van der Waals surface area contributed by atoms with Crippen LogP contribution in [0.2, 0.25) is 0 Å². The molecule has 2 aromatic rings. The van der Waals surface area contributed by atoms with E-state index in [9.17, 15) is 5.11 Å². The second kappa shape index (κ2) is 3.94. The molecule has 1 aromatic carbocycles. The van der Waals surface area contributed by atoms with E-state index in [1.54, 1.807) is 11.0 Å². The number of hydrogen-bond donors (Lipinski definition) is 1. The van der Waals surface area contributed by atoms with Crippen LogP contribution in [0, 0.1) is 0 Å². The molecular weight excluding hydrogens is 218 g/mol. The van der Waals surface area contributed by atoms with Gasteiger partial charge >= 0.3 is 0 Å². The normalized spacial score (nSPS) is 27.7. The number of ether oxygens (including phenoxy) is 1. The molecule has 1 saturated heterocycles. The Morgan fingerprint density at radius 2 is 2.24 bits per heavy atom. The van der Waals surface area contributed by atoms with E-state index in [4.69, 9.17) is 4.74 Å². The van der Waals surface area contributed by atoms with Gasteiger partial charge in [0.25, 0.3) is 0 Å². The Morgan fingerprint density at radius 3 is 2.76 bits per heavy atom. The highest BCUT2D eigenvalue weighted by Gasteiger charge is 2.51. The SMILES string of the molecule is OC[C@]1(n2cncn2)OCC1c1ccccc1. The van der Waals surface area contributed by atoms with Crippen molar-refractivity contribution in [3.63, 3.8) is 0 Å². The quantitative estimate of drug-likeness (QED) is 0.846. The fraction of sp³-hybridized carbons (Fsp3) is 0.333. The summed E-state index contributed by atoms with van der Waals surface area (Å²) in [6.07, 6.45) is 3.02. The summed E-state index contributed by atoms with van der Waals surface area (Å²) in [5, 5.41) is 13.7. The molecule has 1 N–H and O–H groups in total. The number of aliphatic hydroxyl groups excluding tert-OH is 1. The van der Waals surface area contributed by atoms with Gasteiger partial charge in [0.2, 0.25) is 0 Å². The molecule has 17 heavy (non-hydrogen) atoms. The first-order valence-electron chi connectivity index (χ1n) is 5.52. The Kier molecular flexibility index (Phi) is 2.42. The van der Waals surface area contributed by atoms with Crippen LogP contribution in [0.1, 0.15) is 11.5 Å². The van der Waals surface area contributed by atoms with Crippen LogP contribution >= 0.6 is 0 Å². The number of nitrogens with zero attached hydrogens (tertiary/aromatic N) is 3. The number of rotatable bonds is 3. The van der Waals surface area contributed by atoms with Gasteiger partial charge in [-0.05, 0) is 5.56 Å². The second-order valence-electron chi connectivity index (χ2n) is 4.12. The maximum Gasteiger partial charge on any atom is 0.194 e. The molecule has 0 bridgehead atoms. The standard InChI is InChI=1S/C12H13N3O2/c16-7-12(15-9-13-8-14-15)11(6-17-12)10-4-2-1-3-5-10/h1-5,8-9,11,16H,6-7H2/t11?,12-/m0/s1. The van der Waals surface area contributed by atoms with Crippen LogP contribution in [0.4, 0.5) is 0 Å². The molecule has 0 spiro atoms. The van der Waals surface area contributed by atoms with Crippen LogP contribution < -0.4 is 0 Å². The van der Waals surface area contributed by atoms with Gasteiger partial charge in [0, 0.05) is 0 Å². The minimum atomic E-state index is -0.794. The molecular formula is C12H13N3O2. The molecule has 1 aliphatic heterocycles. The molecule has 88 valence electrons. The topological polar surface area (TPSA) is 60.2 Å². The molecule has 1 aromatic heterocycles. The fourth-order valence-corrected chi connectivity index (χ4v) is 2.26. The molecule has 0 saturated carbocycles. The van der Waals surface area contributed by atoms with Crippen molar-refractivity contribution in [1.82, 2.24) is 14.8 Å². The van der Waals surface area contributed by atoms with E-state index in [2.05, 4.69) is 10.1 Å².